The van der Waals surface area contributed by atoms with Crippen molar-refractivity contribution in [1.29, 1.82) is 0 Å². The molecule has 0 radical (unpaired) electrons. The van der Waals surface area contributed by atoms with Crippen LogP contribution in [0.1, 0.15) is 25.1 Å². The molecule has 0 saturated carbocycles. The molecule has 1 aliphatic heterocycles. The van der Waals surface area contributed by atoms with Gasteiger partial charge in [-0.05, 0) is 38.4 Å². The molecule has 6 heteroatoms. The molecule has 6 nitrogen and oxygen atoms in total. The second-order valence-corrected chi connectivity index (χ2v) is 5.35. The Morgan fingerprint density at radius 3 is 2.95 bits per heavy atom. The van der Waals surface area contributed by atoms with E-state index in [0.717, 1.165) is 19.6 Å². The first-order valence-corrected chi connectivity index (χ1v) is 7.20. The minimum atomic E-state index is -0.149. The molecule has 2 heterocycles. The van der Waals surface area contributed by atoms with Crippen LogP contribution >= 0.6 is 0 Å². The van der Waals surface area contributed by atoms with Crippen molar-refractivity contribution in [3.8, 4) is 0 Å². The van der Waals surface area contributed by atoms with Crippen LogP contribution in [-0.2, 0) is 6.54 Å². The van der Waals surface area contributed by atoms with Crippen LogP contribution in [0.4, 0.5) is 4.79 Å². The van der Waals surface area contributed by atoms with Crippen LogP contribution in [0.5, 0.6) is 0 Å². The van der Waals surface area contributed by atoms with Crippen molar-refractivity contribution in [2.45, 2.75) is 25.8 Å². The van der Waals surface area contributed by atoms with E-state index < -0.39 is 0 Å². The predicted molar refractivity (Wildman–Crippen MR) is 77.1 cm³/mol. The van der Waals surface area contributed by atoms with E-state index >= 15 is 0 Å². The lowest BCUT2D eigenvalue weighted by atomic mass is 10.0. The van der Waals surface area contributed by atoms with E-state index in [0.29, 0.717) is 18.3 Å². The van der Waals surface area contributed by atoms with E-state index in [1.54, 1.807) is 18.5 Å². The quantitative estimate of drug-likeness (QED) is 0.861. The summed E-state index contributed by atoms with van der Waals surface area (Å²) in [5.74, 6) is 1.16. The van der Waals surface area contributed by atoms with Gasteiger partial charge in [0, 0.05) is 25.5 Å². The summed E-state index contributed by atoms with van der Waals surface area (Å²) in [4.78, 5) is 22.2. The topological polar surface area (TPSA) is 70.2 Å². The Morgan fingerprint density at radius 1 is 1.35 bits per heavy atom. The van der Waals surface area contributed by atoms with E-state index in [9.17, 15) is 4.79 Å². The van der Waals surface area contributed by atoms with Crippen molar-refractivity contribution in [2.24, 2.45) is 5.92 Å². The highest BCUT2D eigenvalue weighted by Crippen LogP contribution is 2.14. The molecule has 1 fully saturated rings. The fraction of sp³-hybridized carbons (Fsp3) is 0.643. The van der Waals surface area contributed by atoms with Gasteiger partial charge in [-0.1, -0.05) is 6.42 Å². The Labute approximate surface area is 120 Å². The number of aromatic nitrogens is 2. The van der Waals surface area contributed by atoms with E-state index in [4.69, 9.17) is 0 Å². The highest BCUT2D eigenvalue weighted by molar-refractivity contribution is 5.73. The predicted octanol–water partition coefficient (Wildman–Crippen LogP) is 1.01. The molecule has 2 N–H and O–H groups in total. The van der Waals surface area contributed by atoms with Gasteiger partial charge in [0.1, 0.15) is 5.82 Å². The van der Waals surface area contributed by atoms with E-state index in [1.165, 1.54) is 19.3 Å². The Morgan fingerprint density at radius 2 is 2.15 bits per heavy atom. The van der Waals surface area contributed by atoms with Crippen LogP contribution in [0.25, 0.3) is 0 Å². The molecule has 0 bridgehead atoms. The minimum Gasteiger partial charge on any atom is -0.338 e. The molecule has 1 aromatic heterocycles. The van der Waals surface area contributed by atoms with Crippen LogP contribution in [0, 0.1) is 5.92 Å². The van der Waals surface area contributed by atoms with Gasteiger partial charge in [0.2, 0.25) is 0 Å². The largest absolute Gasteiger partial charge is 0.338 e. The van der Waals surface area contributed by atoms with Crippen LogP contribution in [0.2, 0.25) is 0 Å². The standard InChI is InChI=1S/C14H23N5O/c1-19-8-3-2-5-12(11-19)9-17-14(20)18-10-13-15-6-4-7-16-13/h4,6-7,12H,2-3,5,8-11H2,1H3,(H2,17,18,20). The Kier molecular flexibility index (Phi) is 5.73. The van der Waals surface area contributed by atoms with Gasteiger partial charge in [0.15, 0.2) is 0 Å². The average molecular weight is 277 g/mol. The molecule has 1 atom stereocenters. The third-order valence-corrected chi connectivity index (χ3v) is 3.55. The first-order valence-electron chi connectivity index (χ1n) is 7.20. The molecule has 0 aliphatic carbocycles. The highest BCUT2D eigenvalue weighted by atomic mass is 16.2. The number of carbonyl (C=O) groups excluding carboxylic acids is 1. The van der Waals surface area contributed by atoms with Gasteiger partial charge in [0.25, 0.3) is 0 Å². The van der Waals surface area contributed by atoms with E-state index in [2.05, 4.69) is 32.5 Å². The molecule has 1 unspecified atom stereocenters. The summed E-state index contributed by atoms with van der Waals surface area (Å²) >= 11 is 0. The summed E-state index contributed by atoms with van der Waals surface area (Å²) in [6, 6.07) is 1.61. The van der Waals surface area contributed by atoms with Crippen LogP contribution < -0.4 is 10.6 Å². The summed E-state index contributed by atoms with van der Waals surface area (Å²) in [6.45, 7) is 3.30. The maximum atomic E-state index is 11.7. The summed E-state index contributed by atoms with van der Waals surface area (Å²) in [5, 5.41) is 5.72. The smallest absolute Gasteiger partial charge is 0.315 e. The molecular formula is C14H23N5O. The summed E-state index contributed by atoms with van der Waals surface area (Å²) in [6.07, 6.45) is 7.03. The summed E-state index contributed by atoms with van der Waals surface area (Å²) < 4.78 is 0. The number of hydrogen-bond donors (Lipinski definition) is 2. The zero-order chi connectivity index (χ0) is 14.2. The third-order valence-electron chi connectivity index (χ3n) is 3.55. The van der Waals surface area contributed by atoms with Crippen molar-refractivity contribution in [2.75, 3.05) is 26.7 Å². The number of carbonyl (C=O) groups is 1. The van der Waals surface area contributed by atoms with Crippen molar-refractivity contribution >= 4 is 6.03 Å². The number of amides is 2. The SMILES string of the molecule is CN1CCCCC(CNC(=O)NCc2ncccn2)C1. The second kappa shape index (κ2) is 7.79. The number of likely N-dealkylation sites (tertiary alicyclic amines) is 1. The third kappa shape index (κ3) is 5.13. The first-order chi connectivity index (χ1) is 9.74. The van der Waals surface area contributed by atoms with Crippen molar-refractivity contribution in [3.63, 3.8) is 0 Å². The fourth-order valence-electron chi connectivity index (χ4n) is 2.48. The fourth-order valence-corrected chi connectivity index (χ4v) is 2.48. The zero-order valence-corrected chi connectivity index (χ0v) is 12.0. The van der Waals surface area contributed by atoms with Gasteiger partial charge in [-0.25, -0.2) is 14.8 Å². The molecule has 20 heavy (non-hydrogen) atoms. The number of nitrogens with zero attached hydrogens (tertiary/aromatic N) is 3. The van der Waals surface area contributed by atoms with Crippen LogP contribution in [0.15, 0.2) is 18.5 Å². The van der Waals surface area contributed by atoms with Gasteiger partial charge in [-0.15, -0.1) is 0 Å². The molecular weight excluding hydrogens is 254 g/mol. The van der Waals surface area contributed by atoms with Crippen molar-refractivity contribution in [1.82, 2.24) is 25.5 Å². The second-order valence-electron chi connectivity index (χ2n) is 5.35. The lowest BCUT2D eigenvalue weighted by molar-refractivity contribution is 0.234. The Bertz CT molecular complexity index is 411. The molecule has 2 amide bonds. The van der Waals surface area contributed by atoms with Crippen LogP contribution in [-0.4, -0.2) is 47.6 Å². The van der Waals surface area contributed by atoms with Gasteiger partial charge >= 0.3 is 6.03 Å². The number of urea groups is 1. The van der Waals surface area contributed by atoms with E-state index in [-0.39, 0.29) is 6.03 Å². The van der Waals surface area contributed by atoms with Gasteiger partial charge in [-0.2, -0.15) is 0 Å². The monoisotopic (exact) mass is 277 g/mol. The van der Waals surface area contributed by atoms with Gasteiger partial charge < -0.3 is 15.5 Å². The summed E-state index contributed by atoms with van der Waals surface area (Å²) in [5.41, 5.74) is 0. The molecule has 1 aliphatic rings. The number of hydrogen-bond acceptors (Lipinski definition) is 4. The molecule has 1 saturated heterocycles. The van der Waals surface area contributed by atoms with E-state index in [1.807, 2.05) is 0 Å². The zero-order valence-electron chi connectivity index (χ0n) is 12.0. The first kappa shape index (κ1) is 14.7. The molecule has 0 spiro atoms. The lowest BCUT2D eigenvalue weighted by Gasteiger charge is -2.20. The minimum absolute atomic E-state index is 0.149. The van der Waals surface area contributed by atoms with Gasteiger partial charge in [0.05, 0.1) is 6.54 Å². The lowest BCUT2D eigenvalue weighted by Crippen LogP contribution is -2.40. The maximum Gasteiger partial charge on any atom is 0.315 e. The maximum absolute atomic E-state index is 11.7. The average Bonchev–Trinajstić information content (AvgIpc) is 2.68. The summed E-state index contributed by atoms with van der Waals surface area (Å²) in [7, 11) is 2.14. The Balaban J connectivity index is 1.67. The van der Waals surface area contributed by atoms with Crippen molar-refractivity contribution < 1.29 is 4.79 Å². The molecule has 110 valence electrons. The van der Waals surface area contributed by atoms with Gasteiger partial charge in [-0.3, -0.25) is 0 Å². The van der Waals surface area contributed by atoms with Crippen LogP contribution in [0.3, 0.4) is 0 Å². The molecule has 2 rings (SSSR count). The molecule has 1 aromatic rings. The van der Waals surface area contributed by atoms with Crippen molar-refractivity contribution in [3.05, 3.63) is 24.3 Å². The highest BCUT2D eigenvalue weighted by Gasteiger charge is 2.16. The number of nitrogens with one attached hydrogen (secondary N) is 2. The normalized spacial score (nSPS) is 20.1. The molecule has 0 aromatic carbocycles. The Hall–Kier alpha value is -1.69. The number of rotatable bonds is 4.